The van der Waals surface area contributed by atoms with Crippen LogP contribution in [-0.2, 0) is 17.7 Å². The van der Waals surface area contributed by atoms with Gasteiger partial charge in [0.2, 0.25) is 5.89 Å². The fraction of sp³-hybridized carbons (Fsp3) is 0.588. The predicted octanol–water partition coefficient (Wildman–Crippen LogP) is 1.47. The molecule has 3 rings (SSSR count). The van der Waals surface area contributed by atoms with Gasteiger partial charge in [-0.2, -0.15) is 0 Å². The Morgan fingerprint density at radius 2 is 2.32 bits per heavy atom. The molecule has 136 valence electrons. The standard InChI is InChI=1S/C17H24N4O4/c1-11-14(12(2)25-20-11)4-6-18-17(22)15-10-24-16(19-15)9-21-7-5-13(8-21)23-3/h10,13H,4-9H2,1-3H3,(H,18,22)/t13-/m0/s1. The fourth-order valence-electron chi connectivity index (χ4n) is 3.06. The minimum absolute atomic E-state index is 0.238. The highest BCUT2D eigenvalue weighted by Gasteiger charge is 2.23. The monoisotopic (exact) mass is 348 g/mol. The van der Waals surface area contributed by atoms with Gasteiger partial charge in [0, 0.05) is 32.3 Å². The number of carbonyl (C=O) groups is 1. The number of likely N-dealkylation sites (tertiary alicyclic amines) is 1. The van der Waals surface area contributed by atoms with Crippen LogP contribution in [0.5, 0.6) is 0 Å². The summed E-state index contributed by atoms with van der Waals surface area (Å²) in [7, 11) is 1.73. The molecule has 8 heteroatoms. The van der Waals surface area contributed by atoms with Gasteiger partial charge < -0.3 is 19.0 Å². The number of aromatic nitrogens is 2. The van der Waals surface area contributed by atoms with Gasteiger partial charge in [-0.3, -0.25) is 9.69 Å². The molecule has 2 aromatic heterocycles. The number of hydrogen-bond acceptors (Lipinski definition) is 7. The summed E-state index contributed by atoms with van der Waals surface area (Å²) in [6.07, 6.45) is 3.35. The lowest BCUT2D eigenvalue weighted by molar-refractivity contribution is 0.0948. The van der Waals surface area contributed by atoms with Gasteiger partial charge in [0.15, 0.2) is 5.69 Å². The molecular formula is C17H24N4O4. The maximum atomic E-state index is 12.2. The van der Waals surface area contributed by atoms with Crippen LogP contribution >= 0.6 is 0 Å². The smallest absolute Gasteiger partial charge is 0.273 e. The molecule has 1 N–H and O–H groups in total. The van der Waals surface area contributed by atoms with Crippen molar-refractivity contribution in [3.05, 3.63) is 34.9 Å². The van der Waals surface area contributed by atoms with Crippen molar-refractivity contribution in [1.82, 2.24) is 20.4 Å². The Kier molecular flexibility index (Phi) is 5.50. The summed E-state index contributed by atoms with van der Waals surface area (Å²) in [4.78, 5) is 18.7. The molecular weight excluding hydrogens is 324 g/mol. The van der Waals surface area contributed by atoms with Gasteiger partial charge in [0.1, 0.15) is 12.0 Å². The van der Waals surface area contributed by atoms with Crippen LogP contribution in [0.1, 0.15) is 39.8 Å². The van der Waals surface area contributed by atoms with Gasteiger partial charge >= 0.3 is 0 Å². The summed E-state index contributed by atoms with van der Waals surface area (Å²) in [5, 5.41) is 6.76. The van der Waals surface area contributed by atoms with Crippen molar-refractivity contribution in [1.29, 1.82) is 0 Å². The molecule has 1 atom stereocenters. The highest BCUT2D eigenvalue weighted by Crippen LogP contribution is 2.15. The van der Waals surface area contributed by atoms with E-state index >= 15 is 0 Å². The summed E-state index contributed by atoms with van der Waals surface area (Å²) >= 11 is 0. The molecule has 0 aliphatic carbocycles. The zero-order valence-corrected chi connectivity index (χ0v) is 14.9. The minimum Gasteiger partial charge on any atom is -0.447 e. The van der Waals surface area contributed by atoms with Gasteiger partial charge in [-0.25, -0.2) is 4.98 Å². The number of rotatable bonds is 7. The molecule has 8 nitrogen and oxygen atoms in total. The van der Waals surface area contributed by atoms with E-state index < -0.39 is 0 Å². The van der Waals surface area contributed by atoms with Crippen LogP contribution in [0.4, 0.5) is 0 Å². The largest absolute Gasteiger partial charge is 0.447 e. The molecule has 1 aliphatic heterocycles. The summed E-state index contributed by atoms with van der Waals surface area (Å²) in [6.45, 7) is 6.65. The van der Waals surface area contributed by atoms with E-state index in [1.807, 2.05) is 13.8 Å². The number of amides is 1. The molecule has 1 fully saturated rings. The number of methoxy groups -OCH3 is 1. The van der Waals surface area contributed by atoms with Crippen LogP contribution in [0.2, 0.25) is 0 Å². The Balaban J connectivity index is 1.47. The number of nitrogens with one attached hydrogen (secondary N) is 1. The highest BCUT2D eigenvalue weighted by molar-refractivity contribution is 5.91. The van der Waals surface area contributed by atoms with Crippen LogP contribution in [-0.4, -0.2) is 53.8 Å². The van der Waals surface area contributed by atoms with Crippen LogP contribution in [0.25, 0.3) is 0 Å². The summed E-state index contributed by atoms with van der Waals surface area (Å²) < 4.78 is 15.9. The van der Waals surface area contributed by atoms with E-state index in [0.717, 1.165) is 36.5 Å². The first kappa shape index (κ1) is 17.6. The molecule has 0 spiro atoms. The second-order valence-electron chi connectivity index (χ2n) is 6.32. The van der Waals surface area contributed by atoms with Gasteiger partial charge in [-0.15, -0.1) is 0 Å². The quantitative estimate of drug-likeness (QED) is 0.810. The SMILES string of the molecule is CO[C@H]1CCN(Cc2nc(C(=O)NCCc3c(C)noc3C)co2)C1. The van der Waals surface area contributed by atoms with E-state index in [0.29, 0.717) is 31.1 Å². The van der Waals surface area contributed by atoms with E-state index in [1.54, 1.807) is 7.11 Å². The third kappa shape index (κ3) is 4.26. The van der Waals surface area contributed by atoms with Crippen LogP contribution < -0.4 is 5.32 Å². The number of hydrogen-bond donors (Lipinski definition) is 1. The minimum atomic E-state index is -0.238. The zero-order chi connectivity index (χ0) is 17.8. The predicted molar refractivity (Wildman–Crippen MR) is 89.2 cm³/mol. The van der Waals surface area contributed by atoms with Crippen molar-refractivity contribution in [2.24, 2.45) is 0 Å². The van der Waals surface area contributed by atoms with Crippen LogP contribution in [0.15, 0.2) is 15.2 Å². The zero-order valence-electron chi connectivity index (χ0n) is 14.9. The molecule has 1 aliphatic rings. The molecule has 0 saturated carbocycles. The number of carbonyl (C=O) groups excluding carboxylic acids is 1. The van der Waals surface area contributed by atoms with Crippen molar-refractivity contribution < 1.29 is 18.5 Å². The van der Waals surface area contributed by atoms with E-state index in [2.05, 4.69) is 20.4 Å². The normalized spacial score (nSPS) is 18.0. The Morgan fingerprint density at radius 3 is 3.00 bits per heavy atom. The van der Waals surface area contributed by atoms with E-state index in [-0.39, 0.29) is 12.0 Å². The van der Waals surface area contributed by atoms with Gasteiger partial charge in [0.25, 0.3) is 5.91 Å². The van der Waals surface area contributed by atoms with Crippen LogP contribution in [0.3, 0.4) is 0 Å². The number of ether oxygens (including phenoxy) is 1. The summed E-state index contributed by atoms with van der Waals surface area (Å²) in [5.74, 6) is 1.10. The molecule has 2 aromatic rings. The fourth-order valence-corrected chi connectivity index (χ4v) is 3.06. The Bertz CT molecular complexity index is 705. The Labute approximate surface area is 146 Å². The van der Waals surface area contributed by atoms with E-state index in [4.69, 9.17) is 13.7 Å². The van der Waals surface area contributed by atoms with Crippen LogP contribution in [0, 0.1) is 13.8 Å². The molecule has 3 heterocycles. The van der Waals surface area contributed by atoms with Gasteiger partial charge in [0.05, 0.1) is 18.3 Å². The first-order valence-corrected chi connectivity index (χ1v) is 8.46. The average Bonchev–Trinajstić information content (AvgIpc) is 3.31. The average molecular weight is 348 g/mol. The lowest BCUT2D eigenvalue weighted by atomic mass is 10.1. The first-order chi connectivity index (χ1) is 12.1. The second kappa shape index (κ2) is 7.79. The molecule has 1 saturated heterocycles. The summed E-state index contributed by atoms with van der Waals surface area (Å²) in [6, 6.07) is 0. The second-order valence-corrected chi connectivity index (χ2v) is 6.32. The maximum absolute atomic E-state index is 12.2. The summed E-state index contributed by atoms with van der Waals surface area (Å²) in [5.41, 5.74) is 2.19. The lowest BCUT2D eigenvalue weighted by Crippen LogP contribution is -2.26. The molecule has 0 bridgehead atoms. The number of nitrogens with zero attached hydrogens (tertiary/aromatic N) is 3. The number of oxazole rings is 1. The van der Waals surface area contributed by atoms with Crippen molar-refractivity contribution >= 4 is 5.91 Å². The first-order valence-electron chi connectivity index (χ1n) is 8.46. The van der Waals surface area contributed by atoms with E-state index in [1.165, 1.54) is 6.26 Å². The topological polar surface area (TPSA) is 93.6 Å². The van der Waals surface area contributed by atoms with Gasteiger partial charge in [-0.05, 0) is 26.7 Å². The Hall–Kier alpha value is -2.19. The maximum Gasteiger partial charge on any atom is 0.273 e. The molecule has 0 radical (unpaired) electrons. The molecule has 1 amide bonds. The van der Waals surface area contributed by atoms with Gasteiger partial charge in [-0.1, -0.05) is 5.16 Å². The van der Waals surface area contributed by atoms with Crippen molar-refractivity contribution in [3.8, 4) is 0 Å². The lowest BCUT2D eigenvalue weighted by Gasteiger charge is -2.12. The van der Waals surface area contributed by atoms with Crippen molar-refractivity contribution in [3.63, 3.8) is 0 Å². The third-order valence-corrected chi connectivity index (χ3v) is 4.55. The Morgan fingerprint density at radius 1 is 1.48 bits per heavy atom. The molecule has 0 unspecified atom stereocenters. The van der Waals surface area contributed by atoms with Crippen molar-refractivity contribution in [2.75, 3.05) is 26.7 Å². The highest BCUT2D eigenvalue weighted by atomic mass is 16.5. The molecule has 25 heavy (non-hydrogen) atoms. The van der Waals surface area contributed by atoms with E-state index in [9.17, 15) is 4.79 Å². The molecule has 0 aromatic carbocycles. The number of aryl methyl sites for hydroxylation is 2. The third-order valence-electron chi connectivity index (χ3n) is 4.55. The van der Waals surface area contributed by atoms with Crippen molar-refractivity contribution in [2.45, 2.75) is 39.3 Å².